The normalized spacial score (nSPS) is 21.1. The molecule has 0 radical (unpaired) electrons. The molecule has 2 amide bonds. The summed E-state index contributed by atoms with van der Waals surface area (Å²) < 4.78 is 0. The van der Waals surface area contributed by atoms with Crippen LogP contribution in [0.15, 0.2) is 24.4 Å². The number of piperazine rings is 1. The van der Waals surface area contributed by atoms with Crippen molar-refractivity contribution in [2.45, 2.75) is 25.3 Å². The van der Waals surface area contributed by atoms with E-state index in [4.69, 9.17) is 0 Å². The van der Waals surface area contributed by atoms with Crippen LogP contribution in [0.4, 0.5) is 5.82 Å². The minimum atomic E-state index is -0.0567. The van der Waals surface area contributed by atoms with Crippen LogP contribution in [0.2, 0.25) is 0 Å². The Morgan fingerprint density at radius 3 is 2.58 bits per heavy atom. The molecule has 0 spiro atoms. The van der Waals surface area contributed by atoms with Crippen LogP contribution in [-0.4, -0.2) is 90.9 Å². The van der Waals surface area contributed by atoms with Gasteiger partial charge in [0.15, 0.2) is 0 Å². The average Bonchev–Trinajstić information content (AvgIpc) is 3.14. The molecule has 1 unspecified atom stereocenters. The lowest BCUT2D eigenvalue weighted by Gasteiger charge is -2.36. The molecule has 26 heavy (non-hydrogen) atoms. The molecule has 2 fully saturated rings. The molecule has 3 rings (SSSR count). The number of rotatable bonds is 5. The first kappa shape index (κ1) is 18.6. The number of carbonyl (C=O) groups excluding carboxylic acids is 2. The molecule has 7 heteroatoms. The molecule has 0 saturated carbocycles. The molecule has 3 heterocycles. The summed E-state index contributed by atoms with van der Waals surface area (Å²) in [7, 11) is 3.59. The third kappa shape index (κ3) is 4.33. The average molecular weight is 359 g/mol. The van der Waals surface area contributed by atoms with Gasteiger partial charge in [0.05, 0.1) is 6.04 Å². The fraction of sp³-hybridized carbons (Fsp3) is 0.632. The van der Waals surface area contributed by atoms with Crippen LogP contribution in [-0.2, 0) is 9.59 Å². The number of aromatic nitrogens is 1. The van der Waals surface area contributed by atoms with Crippen LogP contribution in [0.5, 0.6) is 0 Å². The first-order chi connectivity index (χ1) is 12.6. The molecule has 0 aromatic carbocycles. The summed E-state index contributed by atoms with van der Waals surface area (Å²) in [6.07, 6.45) is 4.21. The van der Waals surface area contributed by atoms with Crippen molar-refractivity contribution in [1.29, 1.82) is 0 Å². The maximum absolute atomic E-state index is 12.6. The predicted octanol–water partition coefficient (Wildman–Crippen LogP) is 0.673. The quantitative estimate of drug-likeness (QED) is 0.774. The van der Waals surface area contributed by atoms with Crippen molar-refractivity contribution >= 4 is 17.6 Å². The first-order valence-electron chi connectivity index (χ1n) is 9.45. The van der Waals surface area contributed by atoms with Gasteiger partial charge in [-0.2, -0.15) is 0 Å². The van der Waals surface area contributed by atoms with E-state index in [1.165, 1.54) is 0 Å². The summed E-state index contributed by atoms with van der Waals surface area (Å²) in [5.41, 5.74) is 0. The maximum atomic E-state index is 12.6. The predicted molar refractivity (Wildman–Crippen MR) is 101 cm³/mol. The minimum Gasteiger partial charge on any atom is -0.353 e. The van der Waals surface area contributed by atoms with E-state index in [9.17, 15) is 9.59 Å². The third-order valence-electron chi connectivity index (χ3n) is 5.31. The van der Waals surface area contributed by atoms with Gasteiger partial charge in [0.1, 0.15) is 5.82 Å². The number of hydrogen-bond donors (Lipinski definition) is 0. The number of pyridine rings is 1. The summed E-state index contributed by atoms with van der Waals surface area (Å²) >= 11 is 0. The van der Waals surface area contributed by atoms with Crippen LogP contribution in [0.1, 0.15) is 19.3 Å². The third-order valence-corrected chi connectivity index (χ3v) is 5.31. The number of likely N-dealkylation sites (tertiary alicyclic amines) is 1. The zero-order valence-electron chi connectivity index (χ0n) is 15.8. The Morgan fingerprint density at radius 1 is 1.15 bits per heavy atom. The summed E-state index contributed by atoms with van der Waals surface area (Å²) in [6.45, 7) is 4.67. The lowest BCUT2D eigenvalue weighted by Crippen LogP contribution is -2.50. The number of amides is 2. The highest BCUT2D eigenvalue weighted by Gasteiger charge is 2.32. The zero-order chi connectivity index (χ0) is 18.5. The van der Waals surface area contributed by atoms with Crippen LogP contribution < -0.4 is 4.90 Å². The highest BCUT2D eigenvalue weighted by Crippen LogP contribution is 2.19. The summed E-state index contributed by atoms with van der Waals surface area (Å²) in [4.78, 5) is 37.2. The Morgan fingerprint density at radius 2 is 1.92 bits per heavy atom. The molecule has 2 saturated heterocycles. The molecule has 1 aromatic heterocycles. The molecular weight excluding hydrogens is 330 g/mol. The van der Waals surface area contributed by atoms with Crippen LogP contribution in [0, 0.1) is 0 Å². The molecule has 0 N–H and O–H groups in total. The summed E-state index contributed by atoms with van der Waals surface area (Å²) in [5, 5.41) is 0. The highest BCUT2D eigenvalue weighted by molar-refractivity contribution is 5.82. The van der Waals surface area contributed by atoms with Gasteiger partial charge in [-0.15, -0.1) is 0 Å². The molecular formula is C19H29N5O2. The zero-order valence-corrected chi connectivity index (χ0v) is 15.8. The Balaban J connectivity index is 1.45. The number of likely N-dealkylation sites (N-methyl/N-ethyl adjacent to an activating group) is 1. The van der Waals surface area contributed by atoms with E-state index in [0.717, 1.165) is 51.4 Å². The van der Waals surface area contributed by atoms with Gasteiger partial charge in [-0.3, -0.25) is 14.5 Å². The van der Waals surface area contributed by atoms with E-state index < -0.39 is 0 Å². The van der Waals surface area contributed by atoms with Gasteiger partial charge in [0.2, 0.25) is 11.8 Å². The van der Waals surface area contributed by atoms with Gasteiger partial charge in [-0.1, -0.05) is 6.07 Å². The van der Waals surface area contributed by atoms with Crippen LogP contribution in [0.3, 0.4) is 0 Å². The standard InChI is InChI=1S/C19H29N5O2/c1-21(2)19(26)16-6-5-10-22(16)11-8-18(25)24-14-12-23(13-15-24)17-7-3-4-9-20-17/h3-4,7,9,16H,5-6,8,10-15H2,1-2H3. The topological polar surface area (TPSA) is 60.0 Å². The molecule has 2 aliphatic heterocycles. The van der Waals surface area contributed by atoms with E-state index in [1.807, 2.05) is 23.1 Å². The van der Waals surface area contributed by atoms with Crippen molar-refractivity contribution in [3.05, 3.63) is 24.4 Å². The Bertz CT molecular complexity index is 614. The Hall–Kier alpha value is -2.15. The van der Waals surface area contributed by atoms with E-state index in [1.54, 1.807) is 25.2 Å². The molecule has 1 aromatic rings. The van der Waals surface area contributed by atoms with Gasteiger partial charge in [-0.25, -0.2) is 4.98 Å². The van der Waals surface area contributed by atoms with Crippen molar-refractivity contribution < 1.29 is 9.59 Å². The molecule has 1 atom stereocenters. The van der Waals surface area contributed by atoms with E-state index >= 15 is 0 Å². The second kappa shape index (κ2) is 8.49. The van der Waals surface area contributed by atoms with Crippen LogP contribution >= 0.6 is 0 Å². The van der Waals surface area contributed by atoms with Gasteiger partial charge < -0.3 is 14.7 Å². The van der Waals surface area contributed by atoms with E-state index in [-0.39, 0.29) is 17.9 Å². The smallest absolute Gasteiger partial charge is 0.239 e. The number of anilines is 1. The fourth-order valence-corrected chi connectivity index (χ4v) is 3.79. The van der Waals surface area contributed by atoms with Crippen molar-refractivity contribution in [3.8, 4) is 0 Å². The molecule has 2 aliphatic rings. The lowest BCUT2D eigenvalue weighted by atomic mass is 10.2. The van der Waals surface area contributed by atoms with Crippen LogP contribution in [0.25, 0.3) is 0 Å². The Labute approximate surface area is 155 Å². The second-order valence-electron chi connectivity index (χ2n) is 7.23. The SMILES string of the molecule is CN(C)C(=O)C1CCCN1CCC(=O)N1CCN(c2ccccn2)CC1. The van der Waals surface area contributed by atoms with Crippen molar-refractivity contribution in [1.82, 2.24) is 19.7 Å². The number of hydrogen-bond acceptors (Lipinski definition) is 5. The summed E-state index contributed by atoms with van der Waals surface area (Å²) in [6, 6.07) is 5.85. The Kier molecular flexibility index (Phi) is 6.08. The molecule has 0 aliphatic carbocycles. The van der Waals surface area contributed by atoms with Crippen molar-refractivity contribution in [2.24, 2.45) is 0 Å². The van der Waals surface area contributed by atoms with Gasteiger partial charge in [-0.05, 0) is 31.5 Å². The summed E-state index contributed by atoms with van der Waals surface area (Å²) in [5.74, 6) is 1.31. The number of carbonyl (C=O) groups is 2. The van der Waals surface area contributed by atoms with Gasteiger partial charge >= 0.3 is 0 Å². The van der Waals surface area contributed by atoms with E-state index in [0.29, 0.717) is 13.0 Å². The maximum Gasteiger partial charge on any atom is 0.239 e. The molecule has 142 valence electrons. The fourth-order valence-electron chi connectivity index (χ4n) is 3.79. The molecule has 0 bridgehead atoms. The number of nitrogens with zero attached hydrogens (tertiary/aromatic N) is 5. The molecule has 7 nitrogen and oxygen atoms in total. The second-order valence-corrected chi connectivity index (χ2v) is 7.23. The van der Waals surface area contributed by atoms with E-state index in [2.05, 4.69) is 14.8 Å². The first-order valence-corrected chi connectivity index (χ1v) is 9.45. The van der Waals surface area contributed by atoms with Gasteiger partial charge in [0.25, 0.3) is 0 Å². The minimum absolute atomic E-state index is 0.0567. The highest BCUT2D eigenvalue weighted by atomic mass is 16.2. The lowest BCUT2D eigenvalue weighted by molar-refractivity contribution is -0.135. The monoisotopic (exact) mass is 359 g/mol. The van der Waals surface area contributed by atoms with Crippen molar-refractivity contribution in [3.63, 3.8) is 0 Å². The van der Waals surface area contributed by atoms with Crippen molar-refractivity contribution in [2.75, 3.05) is 58.3 Å². The largest absolute Gasteiger partial charge is 0.353 e. The van der Waals surface area contributed by atoms with Gasteiger partial charge in [0, 0.05) is 59.4 Å².